The monoisotopic (exact) mass is 511 g/mol. The molecule has 5 nitrogen and oxygen atoms in total. The zero-order valence-electron chi connectivity index (χ0n) is 13.3. The molecule has 0 aliphatic carbocycles. The van der Waals surface area contributed by atoms with Gasteiger partial charge >= 0.3 is 0 Å². The second-order valence-corrected chi connectivity index (χ2v) is 7.56. The Morgan fingerprint density at radius 1 is 1.16 bits per heavy atom. The van der Waals surface area contributed by atoms with Crippen molar-refractivity contribution in [3.63, 3.8) is 0 Å². The van der Waals surface area contributed by atoms with Gasteiger partial charge in [-0.05, 0) is 93.5 Å². The summed E-state index contributed by atoms with van der Waals surface area (Å²) < 4.78 is 3.82. The number of aryl methyl sites for hydroxylation is 1. The van der Waals surface area contributed by atoms with Gasteiger partial charge in [-0.15, -0.1) is 0 Å². The molecule has 3 aromatic rings. The molecule has 1 amide bonds. The van der Waals surface area contributed by atoms with Gasteiger partial charge in [-0.1, -0.05) is 0 Å². The van der Waals surface area contributed by atoms with Crippen molar-refractivity contribution >= 4 is 55.8 Å². The highest BCUT2D eigenvalue weighted by Crippen LogP contribution is 2.32. The lowest BCUT2D eigenvalue weighted by atomic mass is 10.1. The van der Waals surface area contributed by atoms with Crippen molar-refractivity contribution in [2.45, 2.75) is 6.92 Å². The molecule has 0 unspecified atom stereocenters. The molecule has 0 saturated heterocycles. The van der Waals surface area contributed by atoms with E-state index in [-0.39, 0.29) is 0 Å². The average Bonchev–Trinajstić information content (AvgIpc) is 3.12. The molecule has 0 radical (unpaired) electrons. The fourth-order valence-electron chi connectivity index (χ4n) is 2.52. The number of halogens is 2. The summed E-state index contributed by atoms with van der Waals surface area (Å²) in [7, 11) is 0. The molecule has 0 atom stereocenters. The first-order valence-electron chi connectivity index (χ1n) is 7.44. The van der Waals surface area contributed by atoms with Crippen molar-refractivity contribution in [2.24, 2.45) is 0 Å². The minimum absolute atomic E-state index is 0.336. The summed E-state index contributed by atoms with van der Waals surface area (Å²) in [5.74, 6) is -0.578. The van der Waals surface area contributed by atoms with Crippen LogP contribution in [0.2, 0.25) is 0 Å². The van der Waals surface area contributed by atoms with Gasteiger partial charge in [0.05, 0.1) is 16.9 Å². The van der Waals surface area contributed by atoms with Crippen LogP contribution in [0.4, 0.5) is 11.4 Å². The lowest BCUT2D eigenvalue weighted by molar-refractivity contribution is 0.0707. The molecule has 3 rings (SSSR count). The smallest absolute Gasteiger partial charge is 0.276 e. The fraction of sp³-hybridized carbons (Fsp3) is 0.0556. The van der Waals surface area contributed by atoms with Crippen LogP contribution >= 0.6 is 38.5 Å². The number of rotatable bonds is 4. The number of hydrogen-bond acceptors (Lipinski definition) is 3. The highest BCUT2D eigenvalue weighted by molar-refractivity contribution is 14.1. The molecule has 0 saturated carbocycles. The first-order chi connectivity index (χ1) is 12.0. The zero-order chi connectivity index (χ0) is 18.0. The van der Waals surface area contributed by atoms with Gasteiger partial charge in [0.1, 0.15) is 0 Å². The van der Waals surface area contributed by atoms with Crippen LogP contribution in [0.25, 0.3) is 5.69 Å². The van der Waals surface area contributed by atoms with Crippen molar-refractivity contribution in [1.29, 1.82) is 0 Å². The molecule has 3 N–H and O–H groups in total. The second-order valence-electron chi connectivity index (χ2n) is 5.46. The topological polar surface area (TPSA) is 66.3 Å². The Morgan fingerprint density at radius 2 is 1.88 bits per heavy atom. The van der Waals surface area contributed by atoms with Crippen LogP contribution in [0.3, 0.4) is 0 Å². The standard InChI is InChI=1S/C18H15BrIN3O2/c1-11-8-12(20)4-5-15(11)21-16-10-17(23-6-2-3-7-23)14(19)9-13(16)18(24)22-25/h2-10,21,25H,1H3,(H,22,24). The Bertz CT molecular complexity index is 926. The first kappa shape index (κ1) is 18.0. The van der Waals surface area contributed by atoms with Gasteiger partial charge in [0, 0.05) is 26.1 Å². The van der Waals surface area contributed by atoms with Crippen LogP contribution in [0.1, 0.15) is 15.9 Å². The van der Waals surface area contributed by atoms with Crippen LogP contribution in [0.5, 0.6) is 0 Å². The number of carbonyl (C=O) groups excluding carboxylic acids is 1. The average molecular weight is 512 g/mol. The number of nitrogens with zero attached hydrogens (tertiary/aromatic N) is 1. The summed E-state index contributed by atoms with van der Waals surface area (Å²) in [6, 6.07) is 13.4. The van der Waals surface area contributed by atoms with Crippen molar-refractivity contribution in [3.8, 4) is 5.69 Å². The maximum atomic E-state index is 12.1. The third kappa shape index (κ3) is 3.88. The molecular weight excluding hydrogens is 497 g/mol. The summed E-state index contributed by atoms with van der Waals surface area (Å²) in [6.07, 6.45) is 3.84. The highest BCUT2D eigenvalue weighted by Gasteiger charge is 2.16. The van der Waals surface area contributed by atoms with Gasteiger partial charge in [-0.3, -0.25) is 10.0 Å². The van der Waals surface area contributed by atoms with E-state index in [1.165, 1.54) is 0 Å². The lowest BCUT2D eigenvalue weighted by Crippen LogP contribution is -2.20. The molecule has 0 aliphatic heterocycles. The van der Waals surface area contributed by atoms with Gasteiger partial charge < -0.3 is 9.88 Å². The van der Waals surface area contributed by atoms with Crippen molar-refractivity contribution in [2.75, 3.05) is 5.32 Å². The summed E-state index contributed by atoms with van der Waals surface area (Å²) in [5, 5.41) is 12.4. The van der Waals surface area contributed by atoms with Crippen LogP contribution in [0.15, 0.2) is 59.3 Å². The number of amides is 1. The Morgan fingerprint density at radius 3 is 2.52 bits per heavy atom. The summed E-state index contributed by atoms with van der Waals surface area (Å²) in [6.45, 7) is 2.00. The lowest BCUT2D eigenvalue weighted by Gasteiger charge is -2.16. The number of benzene rings is 2. The largest absolute Gasteiger partial charge is 0.355 e. The van der Waals surface area contributed by atoms with Crippen LogP contribution in [-0.2, 0) is 0 Å². The maximum Gasteiger partial charge on any atom is 0.276 e. The van der Waals surface area contributed by atoms with Crippen molar-refractivity contribution < 1.29 is 10.0 Å². The SMILES string of the molecule is Cc1cc(I)ccc1Nc1cc(-n2cccc2)c(Br)cc1C(=O)NO. The minimum Gasteiger partial charge on any atom is -0.355 e. The van der Waals surface area contributed by atoms with Gasteiger partial charge in [0.2, 0.25) is 0 Å². The van der Waals surface area contributed by atoms with Gasteiger partial charge in [-0.2, -0.15) is 0 Å². The molecule has 25 heavy (non-hydrogen) atoms. The predicted octanol–water partition coefficient (Wildman–Crippen LogP) is 5.02. The summed E-state index contributed by atoms with van der Waals surface area (Å²) in [5.41, 5.74) is 5.48. The van der Waals surface area contributed by atoms with E-state index in [9.17, 15) is 4.79 Å². The maximum absolute atomic E-state index is 12.1. The number of aromatic nitrogens is 1. The Hall–Kier alpha value is -1.84. The molecule has 7 heteroatoms. The van der Waals surface area contributed by atoms with Crippen LogP contribution in [0, 0.1) is 10.5 Å². The molecule has 0 aliphatic rings. The number of carbonyl (C=O) groups is 1. The molecule has 0 fully saturated rings. The number of nitrogens with one attached hydrogen (secondary N) is 2. The molecule has 2 aromatic carbocycles. The summed E-state index contributed by atoms with van der Waals surface area (Å²) in [4.78, 5) is 12.1. The van der Waals surface area contributed by atoms with Gasteiger partial charge in [0.25, 0.3) is 5.91 Å². The minimum atomic E-state index is -0.578. The van der Waals surface area contributed by atoms with Gasteiger partial charge in [0.15, 0.2) is 0 Å². The fourth-order valence-corrected chi connectivity index (χ4v) is 3.71. The third-order valence-electron chi connectivity index (χ3n) is 3.77. The van der Waals surface area contributed by atoms with E-state index >= 15 is 0 Å². The van der Waals surface area contributed by atoms with Crippen molar-refractivity contribution in [3.05, 3.63) is 74.0 Å². The number of hydrogen-bond donors (Lipinski definition) is 3. The van der Waals surface area contributed by atoms with E-state index in [1.54, 1.807) is 11.5 Å². The highest BCUT2D eigenvalue weighted by atomic mass is 127. The van der Waals surface area contributed by atoms with Crippen LogP contribution in [-0.4, -0.2) is 15.7 Å². The van der Waals surface area contributed by atoms with E-state index in [0.717, 1.165) is 25.0 Å². The summed E-state index contributed by atoms with van der Waals surface area (Å²) >= 11 is 5.76. The van der Waals surface area contributed by atoms with E-state index in [4.69, 9.17) is 5.21 Å². The molecule has 128 valence electrons. The zero-order valence-corrected chi connectivity index (χ0v) is 17.0. The molecular formula is C18H15BrIN3O2. The second kappa shape index (κ2) is 7.59. The van der Waals surface area contributed by atoms with E-state index in [0.29, 0.717) is 11.3 Å². The third-order valence-corrected chi connectivity index (χ3v) is 5.08. The predicted molar refractivity (Wildman–Crippen MR) is 110 cm³/mol. The van der Waals surface area contributed by atoms with Gasteiger partial charge in [-0.25, -0.2) is 5.48 Å². The Labute approximate surface area is 167 Å². The quantitative estimate of drug-likeness (QED) is 0.262. The van der Waals surface area contributed by atoms with Crippen molar-refractivity contribution in [1.82, 2.24) is 10.0 Å². The molecule has 0 spiro atoms. The Kier molecular flexibility index (Phi) is 5.45. The molecule has 1 heterocycles. The number of anilines is 2. The normalized spacial score (nSPS) is 10.6. The molecule has 1 aromatic heterocycles. The van der Waals surface area contributed by atoms with Crippen LogP contribution < -0.4 is 10.8 Å². The first-order valence-corrected chi connectivity index (χ1v) is 9.31. The molecule has 0 bridgehead atoms. The Balaban J connectivity index is 2.11. The van der Waals surface area contributed by atoms with E-state index in [2.05, 4.69) is 49.9 Å². The van der Waals surface area contributed by atoms with E-state index < -0.39 is 5.91 Å². The number of hydroxylamine groups is 1. The van der Waals surface area contributed by atoms with E-state index in [1.807, 2.05) is 54.2 Å².